The average molecular weight is 580 g/mol. The van der Waals surface area contributed by atoms with Gasteiger partial charge in [0, 0.05) is 6.42 Å². The Kier molecular flexibility index (Phi) is 23.8. The van der Waals surface area contributed by atoms with Gasteiger partial charge < -0.3 is 19.8 Å². The maximum Gasteiger partial charge on any atom is 0.472 e. The largest absolute Gasteiger partial charge is 0.472 e. The van der Waals surface area contributed by atoms with Crippen molar-refractivity contribution in [1.29, 1.82) is 0 Å². The van der Waals surface area contributed by atoms with Crippen LogP contribution in [0.4, 0.5) is 0 Å². The zero-order chi connectivity index (χ0) is 29.4. The number of phosphoric ester groups is 1. The Morgan fingerprint density at radius 1 is 0.769 bits per heavy atom. The van der Waals surface area contributed by atoms with Crippen molar-refractivity contribution in [3.05, 3.63) is 0 Å². The van der Waals surface area contributed by atoms with Crippen molar-refractivity contribution < 1.29 is 32.9 Å². The number of hydrogen-bond acceptors (Lipinski definition) is 5. The van der Waals surface area contributed by atoms with Crippen molar-refractivity contribution in [2.75, 3.05) is 40.9 Å². The molecular formula is C30H64N2O6P+. The molecular weight excluding hydrogens is 515 g/mol. The van der Waals surface area contributed by atoms with E-state index >= 15 is 0 Å². The lowest BCUT2D eigenvalue weighted by Crippen LogP contribution is -2.46. The van der Waals surface area contributed by atoms with Gasteiger partial charge in [0.25, 0.3) is 0 Å². The monoisotopic (exact) mass is 579 g/mol. The highest BCUT2D eigenvalue weighted by Crippen LogP contribution is 2.43. The summed E-state index contributed by atoms with van der Waals surface area (Å²) >= 11 is 0. The van der Waals surface area contributed by atoms with Gasteiger partial charge in [-0.2, -0.15) is 0 Å². The molecule has 0 aromatic rings. The molecule has 0 saturated carbocycles. The fourth-order valence-electron chi connectivity index (χ4n) is 4.45. The third kappa shape index (κ3) is 26.2. The molecule has 0 aromatic carbocycles. The molecule has 3 unspecified atom stereocenters. The van der Waals surface area contributed by atoms with E-state index < -0.39 is 20.0 Å². The normalized spacial score (nSPS) is 15.2. The van der Waals surface area contributed by atoms with Crippen molar-refractivity contribution in [2.24, 2.45) is 0 Å². The van der Waals surface area contributed by atoms with Crippen LogP contribution in [0.3, 0.4) is 0 Å². The van der Waals surface area contributed by atoms with Crippen LogP contribution in [0.25, 0.3) is 0 Å². The number of nitrogens with zero attached hydrogens (tertiary/aromatic N) is 1. The lowest BCUT2D eigenvalue weighted by atomic mass is 10.0. The Balaban J connectivity index is 4.58. The van der Waals surface area contributed by atoms with Crippen LogP contribution in [0.15, 0.2) is 0 Å². The number of quaternary nitrogens is 1. The lowest BCUT2D eigenvalue weighted by Gasteiger charge is -2.26. The Labute approximate surface area is 240 Å². The van der Waals surface area contributed by atoms with E-state index in [0.717, 1.165) is 38.5 Å². The standard InChI is InChI=1S/C30H63N2O6P/c1-6-8-10-12-14-16-18-20-22-24-30(34)31-28(27-38-39(35,36)37-26-25-32(3,4)5)29(33)23-21-19-17-15-13-11-9-7-2/h28-29,33H,6-27H2,1-5H3,(H-,31,34,35,36)/p+1. The van der Waals surface area contributed by atoms with Gasteiger partial charge in [-0.15, -0.1) is 0 Å². The van der Waals surface area contributed by atoms with Gasteiger partial charge in [-0.3, -0.25) is 13.8 Å². The first-order valence-corrected chi connectivity index (χ1v) is 17.4. The minimum atomic E-state index is -4.28. The van der Waals surface area contributed by atoms with Crippen molar-refractivity contribution in [2.45, 2.75) is 148 Å². The highest BCUT2D eigenvalue weighted by Gasteiger charge is 2.28. The first-order chi connectivity index (χ1) is 18.5. The number of rotatable bonds is 28. The zero-order valence-electron chi connectivity index (χ0n) is 26.1. The molecule has 0 bridgehead atoms. The van der Waals surface area contributed by atoms with E-state index in [0.29, 0.717) is 23.9 Å². The summed E-state index contributed by atoms with van der Waals surface area (Å²) in [6.45, 7) is 4.80. The number of aliphatic hydroxyl groups excluding tert-OH is 1. The second kappa shape index (κ2) is 24.1. The van der Waals surface area contributed by atoms with E-state index in [9.17, 15) is 19.4 Å². The molecule has 234 valence electrons. The predicted octanol–water partition coefficient (Wildman–Crippen LogP) is 7.12. The minimum absolute atomic E-state index is 0.0771. The van der Waals surface area contributed by atoms with Gasteiger partial charge in [0.2, 0.25) is 5.91 Å². The highest BCUT2D eigenvalue weighted by molar-refractivity contribution is 7.47. The topological polar surface area (TPSA) is 105 Å². The van der Waals surface area contributed by atoms with Crippen LogP contribution in [-0.4, -0.2) is 73.4 Å². The summed E-state index contributed by atoms with van der Waals surface area (Å²) in [7, 11) is 1.61. The number of unbranched alkanes of at least 4 members (excludes halogenated alkanes) is 15. The number of hydrogen-bond donors (Lipinski definition) is 3. The summed E-state index contributed by atoms with van der Waals surface area (Å²) in [6, 6.07) is -0.747. The second-order valence-electron chi connectivity index (χ2n) is 12.2. The number of phosphoric acid groups is 1. The fourth-order valence-corrected chi connectivity index (χ4v) is 5.19. The number of carbonyl (C=O) groups excluding carboxylic acids is 1. The van der Waals surface area contributed by atoms with Crippen LogP contribution >= 0.6 is 7.82 Å². The molecule has 1 amide bonds. The quantitative estimate of drug-likeness (QED) is 0.0518. The Morgan fingerprint density at radius 2 is 1.23 bits per heavy atom. The molecule has 3 atom stereocenters. The summed E-state index contributed by atoms with van der Waals surface area (Å²) < 4.78 is 23.3. The maximum atomic E-state index is 12.6. The Morgan fingerprint density at radius 3 is 1.72 bits per heavy atom. The molecule has 0 aromatic heterocycles. The van der Waals surface area contributed by atoms with Crippen LogP contribution in [0.5, 0.6) is 0 Å². The summed E-state index contributed by atoms with van der Waals surface area (Å²) in [5.74, 6) is -0.153. The summed E-state index contributed by atoms with van der Waals surface area (Å²) in [4.78, 5) is 22.7. The number of likely N-dealkylation sites (N-methyl/N-ethyl adjacent to an activating group) is 1. The van der Waals surface area contributed by atoms with Crippen molar-refractivity contribution in [1.82, 2.24) is 5.32 Å². The fraction of sp³-hybridized carbons (Fsp3) is 0.967. The molecule has 0 rings (SSSR count). The van der Waals surface area contributed by atoms with Gasteiger partial charge in [-0.05, 0) is 12.8 Å². The molecule has 8 nitrogen and oxygen atoms in total. The number of carbonyl (C=O) groups is 1. The van der Waals surface area contributed by atoms with Gasteiger partial charge in [0.1, 0.15) is 13.2 Å². The molecule has 0 spiro atoms. The molecule has 0 saturated heterocycles. The molecule has 0 aliphatic heterocycles. The number of amides is 1. The molecule has 9 heteroatoms. The van der Waals surface area contributed by atoms with Gasteiger partial charge >= 0.3 is 7.82 Å². The maximum absolute atomic E-state index is 12.6. The lowest BCUT2D eigenvalue weighted by molar-refractivity contribution is -0.870. The molecule has 3 N–H and O–H groups in total. The summed E-state index contributed by atoms with van der Waals surface area (Å²) in [5.41, 5.74) is 0. The van der Waals surface area contributed by atoms with Gasteiger partial charge in [0.15, 0.2) is 0 Å². The van der Waals surface area contributed by atoms with Crippen LogP contribution < -0.4 is 5.32 Å². The molecule has 0 fully saturated rings. The molecule has 0 heterocycles. The molecule has 0 aliphatic rings. The number of aliphatic hydroxyl groups is 1. The van der Waals surface area contributed by atoms with Gasteiger partial charge in [0.05, 0.1) is 39.9 Å². The number of nitrogens with one attached hydrogen (secondary N) is 1. The van der Waals surface area contributed by atoms with E-state index in [1.54, 1.807) is 0 Å². The molecule has 0 radical (unpaired) electrons. The van der Waals surface area contributed by atoms with Gasteiger partial charge in [-0.1, -0.05) is 117 Å². The predicted molar refractivity (Wildman–Crippen MR) is 162 cm³/mol. The zero-order valence-corrected chi connectivity index (χ0v) is 27.0. The van der Waals surface area contributed by atoms with E-state index in [1.165, 1.54) is 70.6 Å². The highest BCUT2D eigenvalue weighted by atomic mass is 31.2. The third-order valence-electron chi connectivity index (χ3n) is 7.11. The first kappa shape index (κ1) is 38.5. The van der Waals surface area contributed by atoms with E-state index in [4.69, 9.17) is 9.05 Å². The van der Waals surface area contributed by atoms with Crippen molar-refractivity contribution >= 4 is 13.7 Å². The third-order valence-corrected chi connectivity index (χ3v) is 8.09. The SMILES string of the molecule is CCCCCCCCCCCC(=O)NC(COP(=O)(O)OCC[N+](C)(C)C)C(O)CCCCCCCCCC. The summed E-state index contributed by atoms with van der Waals surface area (Å²) in [6.07, 6.45) is 19.9. The van der Waals surface area contributed by atoms with Crippen molar-refractivity contribution in [3.63, 3.8) is 0 Å². The second-order valence-corrected chi connectivity index (χ2v) is 13.6. The van der Waals surface area contributed by atoms with E-state index in [-0.39, 0.29) is 19.1 Å². The summed E-state index contributed by atoms with van der Waals surface area (Å²) in [5, 5.41) is 13.7. The van der Waals surface area contributed by atoms with E-state index in [2.05, 4.69) is 19.2 Å². The Bertz CT molecular complexity index is 629. The first-order valence-electron chi connectivity index (χ1n) is 15.9. The minimum Gasteiger partial charge on any atom is -0.391 e. The van der Waals surface area contributed by atoms with Gasteiger partial charge in [-0.25, -0.2) is 4.57 Å². The molecule has 0 aliphatic carbocycles. The van der Waals surface area contributed by atoms with E-state index in [1.807, 2.05) is 21.1 Å². The van der Waals surface area contributed by atoms with Crippen LogP contribution in [0.1, 0.15) is 136 Å². The average Bonchev–Trinajstić information content (AvgIpc) is 2.86. The van der Waals surface area contributed by atoms with Crippen LogP contribution in [0.2, 0.25) is 0 Å². The van der Waals surface area contributed by atoms with Crippen LogP contribution in [-0.2, 0) is 18.4 Å². The smallest absolute Gasteiger partial charge is 0.391 e. The van der Waals surface area contributed by atoms with Crippen LogP contribution in [0, 0.1) is 0 Å². The van der Waals surface area contributed by atoms with Crippen molar-refractivity contribution in [3.8, 4) is 0 Å². The Hall–Kier alpha value is -0.500. The molecule has 39 heavy (non-hydrogen) atoms.